The normalized spacial score (nSPS) is 24.2. The summed E-state index contributed by atoms with van der Waals surface area (Å²) in [5, 5.41) is 14.7. The summed E-state index contributed by atoms with van der Waals surface area (Å²) in [6.07, 6.45) is 12.0. The molecule has 8 nitrogen and oxygen atoms in total. The number of nitrogens with zero attached hydrogens (tertiary/aromatic N) is 6. The second kappa shape index (κ2) is 7.43. The van der Waals surface area contributed by atoms with Crippen LogP contribution in [0, 0.1) is 0 Å². The highest BCUT2D eigenvalue weighted by molar-refractivity contribution is 7.98. The fourth-order valence-electron chi connectivity index (χ4n) is 5.13. The molecule has 3 N–H and O–H groups in total. The molecule has 5 rings (SSSR count). The minimum atomic E-state index is -1.09. The number of hydrogen-bond donors (Lipinski definition) is 2. The predicted octanol–water partition coefficient (Wildman–Crippen LogP) is 3.06. The first-order valence-electron chi connectivity index (χ1n) is 10.8. The van der Waals surface area contributed by atoms with Crippen molar-refractivity contribution >= 4 is 23.2 Å². The molecule has 2 bridgehead atoms. The minimum absolute atomic E-state index is 0.382. The van der Waals surface area contributed by atoms with E-state index < -0.39 is 5.60 Å². The van der Waals surface area contributed by atoms with Crippen molar-refractivity contribution in [3.05, 3.63) is 30.1 Å². The van der Waals surface area contributed by atoms with Crippen LogP contribution >= 0.6 is 11.8 Å². The highest BCUT2D eigenvalue weighted by Gasteiger charge is 2.40. The molecular weight excluding hydrogens is 410 g/mol. The number of aliphatic hydroxyl groups is 1. The third-order valence-corrected chi connectivity index (χ3v) is 7.69. The van der Waals surface area contributed by atoms with E-state index in [1.165, 1.54) is 12.8 Å². The molecule has 9 heteroatoms. The van der Waals surface area contributed by atoms with Gasteiger partial charge in [0.1, 0.15) is 11.4 Å². The predicted molar refractivity (Wildman–Crippen MR) is 122 cm³/mol. The van der Waals surface area contributed by atoms with Gasteiger partial charge in [-0.15, -0.1) is 11.8 Å². The maximum absolute atomic E-state index is 10.1. The zero-order valence-electron chi connectivity index (χ0n) is 18.4. The maximum Gasteiger partial charge on any atom is 0.165 e. The van der Waals surface area contributed by atoms with Crippen LogP contribution in [0.2, 0.25) is 0 Å². The molecule has 2 saturated heterocycles. The van der Waals surface area contributed by atoms with Crippen LogP contribution < -0.4 is 5.73 Å². The minimum Gasteiger partial charge on any atom is -0.383 e. The number of fused-ring (bicyclic) bond motifs is 3. The summed E-state index contributed by atoms with van der Waals surface area (Å²) in [6.45, 7) is 3.34. The number of nitrogen functional groups attached to an aromatic ring is 1. The molecule has 0 amide bonds. The second-order valence-corrected chi connectivity index (χ2v) is 10.1. The monoisotopic (exact) mass is 439 g/mol. The van der Waals surface area contributed by atoms with E-state index in [9.17, 15) is 5.11 Å². The van der Waals surface area contributed by atoms with E-state index in [4.69, 9.17) is 10.7 Å². The SMILES string of the molecule is CSc1c(C2CC3CCC(C2)N3C)nc2c(-c3cnc(C(C)(C)O)nc3)cnn2c1N. The number of hydrogen-bond acceptors (Lipinski definition) is 8. The Bertz CT molecular complexity index is 1110. The van der Waals surface area contributed by atoms with Gasteiger partial charge < -0.3 is 15.7 Å². The molecule has 3 aromatic heterocycles. The Morgan fingerprint density at radius 3 is 2.35 bits per heavy atom. The Hall–Kier alpha value is -2.23. The third-order valence-electron chi connectivity index (χ3n) is 6.86. The van der Waals surface area contributed by atoms with Crippen LogP contribution in [0.25, 0.3) is 16.8 Å². The van der Waals surface area contributed by atoms with Gasteiger partial charge >= 0.3 is 0 Å². The van der Waals surface area contributed by atoms with E-state index >= 15 is 0 Å². The molecule has 2 unspecified atom stereocenters. The van der Waals surface area contributed by atoms with Crippen LogP contribution in [0.1, 0.15) is 57.0 Å². The van der Waals surface area contributed by atoms with Crippen molar-refractivity contribution in [3.8, 4) is 11.1 Å². The second-order valence-electron chi connectivity index (χ2n) is 9.28. The van der Waals surface area contributed by atoms with E-state index in [0.717, 1.165) is 40.2 Å². The van der Waals surface area contributed by atoms with Crippen LogP contribution in [0.3, 0.4) is 0 Å². The van der Waals surface area contributed by atoms with Gasteiger partial charge in [0.05, 0.1) is 16.8 Å². The van der Waals surface area contributed by atoms with Gasteiger partial charge in [0.15, 0.2) is 11.5 Å². The van der Waals surface area contributed by atoms with E-state index in [2.05, 4.69) is 33.3 Å². The number of aromatic nitrogens is 5. The molecule has 2 atom stereocenters. The van der Waals surface area contributed by atoms with Crippen molar-refractivity contribution in [3.63, 3.8) is 0 Å². The first-order valence-corrected chi connectivity index (χ1v) is 12.0. The average molecular weight is 440 g/mol. The zero-order chi connectivity index (χ0) is 21.9. The van der Waals surface area contributed by atoms with Crippen LogP contribution in [0.5, 0.6) is 0 Å². The molecule has 2 aliphatic heterocycles. The molecule has 164 valence electrons. The molecule has 5 heterocycles. The highest BCUT2D eigenvalue weighted by atomic mass is 32.2. The molecule has 31 heavy (non-hydrogen) atoms. The van der Waals surface area contributed by atoms with Gasteiger partial charge in [-0.1, -0.05) is 0 Å². The lowest BCUT2D eigenvalue weighted by Gasteiger charge is -2.36. The Labute approximate surface area is 186 Å². The largest absolute Gasteiger partial charge is 0.383 e. The molecule has 3 aromatic rings. The van der Waals surface area contributed by atoms with Crippen LogP contribution in [-0.2, 0) is 5.60 Å². The standard InChI is InChI=1S/C22H29N7OS/c1-22(2,30)21-24-9-13(10-25-21)16-11-26-29-19(23)18(31-4)17(27-20(16)29)12-7-14-5-6-15(8-12)28(14)3/h9-12,14-15,30H,5-8,23H2,1-4H3. The van der Waals surface area contributed by atoms with Gasteiger partial charge in [0.25, 0.3) is 0 Å². The fraction of sp³-hybridized carbons (Fsp3) is 0.545. The molecular formula is C22H29N7OS. The Kier molecular flexibility index (Phi) is 4.95. The Morgan fingerprint density at radius 2 is 1.77 bits per heavy atom. The van der Waals surface area contributed by atoms with E-state index in [1.807, 2.05) is 0 Å². The van der Waals surface area contributed by atoms with Gasteiger partial charge in [-0.25, -0.2) is 15.0 Å². The van der Waals surface area contributed by atoms with Crippen LogP contribution in [-0.4, -0.2) is 60.0 Å². The van der Waals surface area contributed by atoms with E-state index in [1.54, 1.807) is 48.7 Å². The maximum atomic E-state index is 10.1. The Balaban J connectivity index is 1.60. The first-order chi connectivity index (χ1) is 14.8. The first kappa shape index (κ1) is 20.7. The topological polar surface area (TPSA) is 105 Å². The molecule has 0 saturated carbocycles. The fourth-order valence-corrected chi connectivity index (χ4v) is 5.84. The number of nitrogens with two attached hydrogens (primary N) is 1. The van der Waals surface area contributed by atoms with E-state index in [0.29, 0.717) is 29.6 Å². The highest BCUT2D eigenvalue weighted by Crippen LogP contribution is 2.45. The summed E-state index contributed by atoms with van der Waals surface area (Å²) in [7, 11) is 2.26. The Morgan fingerprint density at radius 1 is 1.13 bits per heavy atom. The number of rotatable bonds is 4. The summed E-state index contributed by atoms with van der Waals surface area (Å²) >= 11 is 1.65. The summed E-state index contributed by atoms with van der Waals surface area (Å²) in [4.78, 5) is 17.4. The third kappa shape index (κ3) is 3.39. The lowest BCUT2D eigenvalue weighted by Crippen LogP contribution is -2.39. The summed E-state index contributed by atoms with van der Waals surface area (Å²) in [5.41, 5.74) is 8.98. The van der Waals surface area contributed by atoms with Gasteiger partial charge in [0, 0.05) is 41.5 Å². The number of piperidine rings is 1. The smallest absolute Gasteiger partial charge is 0.165 e. The lowest BCUT2D eigenvalue weighted by atomic mass is 9.88. The average Bonchev–Trinajstić information content (AvgIpc) is 3.23. The van der Waals surface area contributed by atoms with Gasteiger partial charge in [-0.05, 0) is 52.8 Å². The molecule has 0 spiro atoms. The molecule has 2 aliphatic rings. The van der Waals surface area contributed by atoms with Crippen molar-refractivity contribution in [2.24, 2.45) is 0 Å². The van der Waals surface area contributed by atoms with Crippen LogP contribution in [0.15, 0.2) is 23.5 Å². The summed E-state index contributed by atoms with van der Waals surface area (Å²) in [6, 6.07) is 1.26. The van der Waals surface area contributed by atoms with Crippen LogP contribution in [0.4, 0.5) is 5.82 Å². The van der Waals surface area contributed by atoms with Crippen molar-refractivity contribution in [1.29, 1.82) is 0 Å². The van der Waals surface area contributed by atoms with Crippen molar-refractivity contribution < 1.29 is 5.11 Å². The number of anilines is 1. The lowest BCUT2D eigenvalue weighted by molar-refractivity contribution is 0.0687. The van der Waals surface area contributed by atoms with Gasteiger partial charge in [-0.2, -0.15) is 9.61 Å². The van der Waals surface area contributed by atoms with Gasteiger partial charge in [0.2, 0.25) is 0 Å². The summed E-state index contributed by atoms with van der Waals surface area (Å²) in [5.74, 6) is 1.42. The van der Waals surface area contributed by atoms with E-state index in [-0.39, 0.29) is 0 Å². The van der Waals surface area contributed by atoms with Gasteiger partial charge in [-0.3, -0.25) is 0 Å². The van der Waals surface area contributed by atoms with Crippen molar-refractivity contribution in [2.75, 3.05) is 19.0 Å². The number of thioether (sulfide) groups is 1. The summed E-state index contributed by atoms with van der Waals surface area (Å²) < 4.78 is 1.72. The van der Waals surface area contributed by atoms with Crippen molar-refractivity contribution in [2.45, 2.75) is 68.0 Å². The molecule has 2 fully saturated rings. The van der Waals surface area contributed by atoms with Crippen molar-refractivity contribution in [1.82, 2.24) is 29.5 Å². The zero-order valence-corrected chi connectivity index (χ0v) is 19.2. The quantitative estimate of drug-likeness (QED) is 0.598. The molecule has 0 radical (unpaired) electrons. The molecule has 0 aromatic carbocycles. The molecule has 0 aliphatic carbocycles.